The van der Waals surface area contributed by atoms with Gasteiger partial charge in [0.05, 0.1) is 17.6 Å². The molecule has 4 heteroatoms. The quantitative estimate of drug-likeness (QED) is 0.525. The average molecular weight is 369 g/mol. The van der Waals surface area contributed by atoms with E-state index in [2.05, 4.69) is 34.1 Å². The van der Waals surface area contributed by atoms with Crippen LogP contribution in [-0.4, -0.2) is 33.7 Å². The van der Waals surface area contributed by atoms with Crippen LogP contribution in [0.25, 0.3) is 21.8 Å². The normalized spacial score (nSPS) is 17.9. The lowest BCUT2D eigenvalue weighted by atomic mass is 9.88. The van der Waals surface area contributed by atoms with Crippen molar-refractivity contribution >= 4 is 27.6 Å². The first-order chi connectivity index (χ1) is 13.8. The molecule has 0 aliphatic carbocycles. The molecule has 4 aromatic rings. The number of nitrogens with zero attached hydrogens (tertiary/aromatic N) is 2. The second-order valence-corrected chi connectivity index (χ2v) is 7.67. The fourth-order valence-corrected chi connectivity index (χ4v) is 4.37. The number of aromatic nitrogens is 2. The third-order valence-corrected chi connectivity index (χ3v) is 5.74. The van der Waals surface area contributed by atoms with Crippen LogP contribution >= 0.6 is 0 Å². The second-order valence-electron chi connectivity index (χ2n) is 7.67. The van der Waals surface area contributed by atoms with Gasteiger partial charge in [-0.1, -0.05) is 54.6 Å². The number of aromatic amines is 1. The highest BCUT2D eigenvalue weighted by atomic mass is 16.1. The highest BCUT2D eigenvalue weighted by Crippen LogP contribution is 2.26. The number of benzene rings is 3. The maximum atomic E-state index is 13.3. The maximum Gasteiger partial charge on any atom is 0.167 e. The van der Waals surface area contributed by atoms with Gasteiger partial charge in [0.1, 0.15) is 5.82 Å². The molecule has 140 valence electrons. The van der Waals surface area contributed by atoms with Crippen LogP contribution < -0.4 is 0 Å². The largest absolute Gasteiger partial charge is 0.341 e. The Hall–Kier alpha value is -2.98. The topological polar surface area (TPSA) is 49.0 Å². The molecule has 1 unspecified atom stereocenters. The Bertz CT molecular complexity index is 1110. The predicted octanol–water partition coefficient (Wildman–Crippen LogP) is 4.81. The van der Waals surface area contributed by atoms with Crippen molar-refractivity contribution in [2.24, 2.45) is 5.92 Å². The van der Waals surface area contributed by atoms with Crippen molar-refractivity contribution in [2.75, 3.05) is 13.1 Å². The zero-order valence-electron chi connectivity index (χ0n) is 15.8. The van der Waals surface area contributed by atoms with Crippen LogP contribution in [0.5, 0.6) is 0 Å². The Morgan fingerprint density at radius 1 is 1.04 bits per heavy atom. The number of nitrogens with one attached hydrogen (secondary N) is 1. The summed E-state index contributed by atoms with van der Waals surface area (Å²) in [6, 6.07) is 22.3. The predicted molar refractivity (Wildman–Crippen MR) is 112 cm³/mol. The number of Topliss-reactive ketones (excluding diaryl/α,β-unsaturated/α-hetero) is 1. The number of hydrogen-bond donors (Lipinski definition) is 1. The highest BCUT2D eigenvalue weighted by molar-refractivity contribution is 6.09. The molecule has 0 spiro atoms. The van der Waals surface area contributed by atoms with E-state index in [-0.39, 0.29) is 11.7 Å². The molecule has 1 N–H and O–H groups in total. The number of rotatable bonds is 4. The number of imidazole rings is 1. The fourth-order valence-electron chi connectivity index (χ4n) is 4.37. The summed E-state index contributed by atoms with van der Waals surface area (Å²) in [5, 5.41) is 2.19. The summed E-state index contributed by atoms with van der Waals surface area (Å²) in [6.45, 7) is 2.56. The zero-order valence-corrected chi connectivity index (χ0v) is 15.8. The molecular formula is C24H23N3O. The summed E-state index contributed by atoms with van der Waals surface area (Å²) in [4.78, 5) is 23.8. The van der Waals surface area contributed by atoms with E-state index in [1.54, 1.807) is 0 Å². The third-order valence-electron chi connectivity index (χ3n) is 5.74. The molecule has 4 nitrogen and oxygen atoms in total. The van der Waals surface area contributed by atoms with Gasteiger partial charge < -0.3 is 4.98 Å². The van der Waals surface area contributed by atoms with E-state index in [0.29, 0.717) is 0 Å². The molecule has 1 aliphatic rings. The highest BCUT2D eigenvalue weighted by Gasteiger charge is 2.27. The van der Waals surface area contributed by atoms with E-state index in [9.17, 15) is 4.79 Å². The summed E-state index contributed by atoms with van der Waals surface area (Å²) in [5.74, 6) is 1.29. The Morgan fingerprint density at radius 2 is 1.86 bits per heavy atom. The van der Waals surface area contributed by atoms with Crippen molar-refractivity contribution in [1.29, 1.82) is 0 Å². The number of piperidine rings is 1. The number of fused-ring (bicyclic) bond motifs is 2. The van der Waals surface area contributed by atoms with Crippen molar-refractivity contribution in [3.8, 4) is 0 Å². The number of carbonyl (C=O) groups is 1. The van der Waals surface area contributed by atoms with Crippen LogP contribution in [0.2, 0.25) is 0 Å². The summed E-state index contributed by atoms with van der Waals surface area (Å²) in [6.07, 6.45) is 2.00. The minimum Gasteiger partial charge on any atom is -0.341 e. The first-order valence-electron chi connectivity index (χ1n) is 9.96. The SMILES string of the molecule is O=C(c1cccc2ccccc12)C1CCCN(Cc2nc3ccccc3[nH]2)C1. The summed E-state index contributed by atoms with van der Waals surface area (Å²) in [7, 11) is 0. The van der Waals surface area contributed by atoms with E-state index in [1.165, 1.54) is 0 Å². The van der Waals surface area contributed by atoms with Crippen molar-refractivity contribution in [2.45, 2.75) is 19.4 Å². The first kappa shape index (κ1) is 17.1. The summed E-state index contributed by atoms with van der Waals surface area (Å²) >= 11 is 0. The molecule has 28 heavy (non-hydrogen) atoms. The lowest BCUT2D eigenvalue weighted by Crippen LogP contribution is -2.38. The smallest absolute Gasteiger partial charge is 0.167 e. The molecule has 1 atom stereocenters. The first-order valence-corrected chi connectivity index (χ1v) is 9.96. The minimum absolute atomic E-state index is 0.0453. The molecule has 1 aromatic heterocycles. The summed E-state index contributed by atoms with van der Waals surface area (Å²) < 4.78 is 0. The van der Waals surface area contributed by atoms with Gasteiger partial charge >= 0.3 is 0 Å². The van der Waals surface area contributed by atoms with Crippen LogP contribution in [-0.2, 0) is 6.54 Å². The van der Waals surface area contributed by atoms with Gasteiger partial charge in [0, 0.05) is 18.0 Å². The molecule has 0 amide bonds. The maximum absolute atomic E-state index is 13.3. The summed E-state index contributed by atoms with van der Waals surface area (Å²) in [5.41, 5.74) is 2.92. The van der Waals surface area contributed by atoms with Crippen molar-refractivity contribution < 1.29 is 4.79 Å². The molecule has 0 radical (unpaired) electrons. The second kappa shape index (κ2) is 7.21. The Balaban J connectivity index is 1.35. The molecular weight excluding hydrogens is 346 g/mol. The number of ketones is 1. The molecule has 1 aliphatic heterocycles. The lowest BCUT2D eigenvalue weighted by molar-refractivity contribution is 0.0810. The molecule has 3 aromatic carbocycles. The third kappa shape index (κ3) is 3.20. The number of carbonyl (C=O) groups excluding carboxylic acids is 1. The van der Waals surface area contributed by atoms with Gasteiger partial charge in [-0.05, 0) is 42.3 Å². The van der Waals surface area contributed by atoms with Crippen molar-refractivity contribution in [3.05, 3.63) is 78.1 Å². The number of H-pyrrole nitrogens is 1. The van der Waals surface area contributed by atoms with Gasteiger partial charge in [0.2, 0.25) is 0 Å². The van der Waals surface area contributed by atoms with Gasteiger partial charge in [-0.3, -0.25) is 9.69 Å². The van der Waals surface area contributed by atoms with E-state index in [4.69, 9.17) is 4.98 Å². The monoisotopic (exact) mass is 369 g/mol. The van der Waals surface area contributed by atoms with E-state index in [0.717, 1.165) is 65.7 Å². The molecule has 2 heterocycles. The Kier molecular flexibility index (Phi) is 4.41. The van der Waals surface area contributed by atoms with E-state index in [1.807, 2.05) is 42.5 Å². The van der Waals surface area contributed by atoms with Gasteiger partial charge in [0.15, 0.2) is 5.78 Å². The molecule has 1 saturated heterocycles. The Labute approximate surface area is 164 Å². The number of likely N-dealkylation sites (tertiary alicyclic amines) is 1. The molecule has 0 bridgehead atoms. The van der Waals surface area contributed by atoms with Crippen LogP contribution in [0.4, 0.5) is 0 Å². The number of para-hydroxylation sites is 2. The molecule has 5 rings (SSSR count). The molecule has 1 fully saturated rings. The lowest BCUT2D eigenvalue weighted by Gasteiger charge is -2.31. The van der Waals surface area contributed by atoms with Gasteiger partial charge in [-0.15, -0.1) is 0 Å². The van der Waals surface area contributed by atoms with E-state index >= 15 is 0 Å². The van der Waals surface area contributed by atoms with Crippen LogP contribution in [0.3, 0.4) is 0 Å². The standard InChI is InChI=1S/C24H23N3O/c28-24(20-11-5-8-17-7-1-2-10-19(17)20)18-9-6-14-27(15-18)16-23-25-21-12-3-4-13-22(21)26-23/h1-5,7-8,10-13,18H,6,9,14-16H2,(H,25,26). The van der Waals surface area contributed by atoms with Crippen LogP contribution in [0.1, 0.15) is 29.0 Å². The zero-order chi connectivity index (χ0) is 18.9. The van der Waals surface area contributed by atoms with Gasteiger partial charge in [-0.25, -0.2) is 4.98 Å². The fraction of sp³-hybridized carbons (Fsp3) is 0.250. The van der Waals surface area contributed by atoms with E-state index < -0.39 is 0 Å². The van der Waals surface area contributed by atoms with Crippen LogP contribution in [0.15, 0.2) is 66.7 Å². The van der Waals surface area contributed by atoms with Crippen molar-refractivity contribution in [3.63, 3.8) is 0 Å². The van der Waals surface area contributed by atoms with Crippen molar-refractivity contribution in [1.82, 2.24) is 14.9 Å². The average Bonchev–Trinajstić information content (AvgIpc) is 3.15. The van der Waals surface area contributed by atoms with Gasteiger partial charge in [-0.2, -0.15) is 0 Å². The van der Waals surface area contributed by atoms with Gasteiger partial charge in [0.25, 0.3) is 0 Å². The molecule has 0 saturated carbocycles. The Morgan fingerprint density at radius 3 is 2.79 bits per heavy atom. The number of hydrogen-bond acceptors (Lipinski definition) is 3. The minimum atomic E-state index is 0.0453. The van der Waals surface area contributed by atoms with Crippen LogP contribution in [0, 0.1) is 5.92 Å².